The number of amides is 4. The topological polar surface area (TPSA) is 186 Å². The molecule has 4 atom stereocenters. The fraction of sp³-hybridized carbons (Fsp3) is 0.421. The average molecular weight is 725 g/mol. The molecule has 2 saturated heterocycles. The van der Waals surface area contributed by atoms with E-state index in [4.69, 9.17) is 4.74 Å². The van der Waals surface area contributed by atoms with Crippen LogP contribution in [0, 0.1) is 0 Å². The number of hydrogen-bond acceptors (Lipinski definition) is 8. The summed E-state index contributed by atoms with van der Waals surface area (Å²) in [6.07, 6.45) is 4.94. The van der Waals surface area contributed by atoms with Gasteiger partial charge in [-0.1, -0.05) is 24.3 Å². The number of imidazole rings is 2. The number of nitrogens with zero attached hydrogens (tertiary/aromatic N) is 5. The molecular weight excluding hydrogens is 680 g/mol. The van der Waals surface area contributed by atoms with Crippen LogP contribution < -0.4 is 5.32 Å². The molecule has 3 aliphatic rings. The number of alkyl carbamates (subject to hydrolysis) is 1. The maximum absolute atomic E-state index is 13.2. The maximum Gasteiger partial charge on any atom is 0.407 e. The lowest BCUT2D eigenvalue weighted by atomic mass is 9.93. The predicted molar refractivity (Wildman–Crippen MR) is 193 cm³/mol. The number of likely N-dealkylation sites (N-methyl/N-ethyl adjacent to an activating group) is 1. The van der Waals surface area contributed by atoms with Crippen molar-refractivity contribution in [2.45, 2.75) is 76.9 Å². The molecule has 0 saturated carbocycles. The standard InChI is InChI=1S/C38H44N8O7/c1-21(41-37(49)52-4)35(47)45-13-5-7-31(45)33-39-17-29(42-33)23-9-11-27-25(15-23)19-53-20-26-16-24(10-12-28(26)27)30-18-40-34(43-30)32-8-6-14-46(32)36(48)22(2)44(3)38(50)51/h9-12,15-18,21-22,31-32H,5-8,13-14,19-20H2,1-4H3,(H,39,42)(H,40,43)(H,41,49)(H,50,51)/t21-,22-,31-,32-/m0/s1. The number of aromatic amines is 2. The maximum atomic E-state index is 13.2. The Labute approximate surface area is 306 Å². The van der Waals surface area contributed by atoms with Crippen LogP contribution in [0.15, 0.2) is 48.8 Å². The van der Waals surface area contributed by atoms with Crippen molar-refractivity contribution in [2.75, 3.05) is 27.2 Å². The van der Waals surface area contributed by atoms with Crippen molar-refractivity contribution in [3.05, 3.63) is 71.6 Å². The van der Waals surface area contributed by atoms with Crippen molar-refractivity contribution in [1.29, 1.82) is 0 Å². The van der Waals surface area contributed by atoms with Crippen molar-refractivity contribution >= 4 is 24.0 Å². The number of H-pyrrole nitrogens is 2. The Hall–Kier alpha value is -5.70. The van der Waals surface area contributed by atoms with Gasteiger partial charge in [-0.2, -0.15) is 0 Å². The highest BCUT2D eigenvalue weighted by Crippen LogP contribution is 2.38. The second kappa shape index (κ2) is 14.7. The lowest BCUT2D eigenvalue weighted by molar-refractivity contribution is -0.136. The highest BCUT2D eigenvalue weighted by molar-refractivity contribution is 5.86. The summed E-state index contributed by atoms with van der Waals surface area (Å²) in [5.74, 6) is 0.965. The number of hydrogen-bond donors (Lipinski definition) is 4. The van der Waals surface area contributed by atoms with Gasteiger partial charge in [-0.15, -0.1) is 0 Å². The molecule has 0 aliphatic carbocycles. The molecular formula is C38H44N8O7. The first-order valence-corrected chi connectivity index (χ1v) is 17.9. The first-order valence-electron chi connectivity index (χ1n) is 17.9. The number of carboxylic acid groups (broad SMARTS) is 1. The number of nitrogens with one attached hydrogen (secondary N) is 3. The Morgan fingerprint density at radius 1 is 0.868 bits per heavy atom. The normalized spacial score (nSPS) is 19.2. The molecule has 0 radical (unpaired) electrons. The van der Waals surface area contributed by atoms with E-state index < -0.39 is 24.3 Å². The number of benzene rings is 2. The van der Waals surface area contributed by atoms with Crippen molar-refractivity contribution < 1.29 is 33.8 Å². The molecule has 15 heteroatoms. The molecule has 4 aromatic rings. The largest absolute Gasteiger partial charge is 0.465 e. The van der Waals surface area contributed by atoms with Gasteiger partial charge < -0.3 is 39.7 Å². The van der Waals surface area contributed by atoms with Gasteiger partial charge in [-0.05, 0) is 85.0 Å². The average Bonchev–Trinajstić information content (AvgIpc) is 3.99. The molecule has 3 aliphatic heterocycles. The van der Waals surface area contributed by atoms with E-state index in [-0.39, 0.29) is 23.9 Å². The van der Waals surface area contributed by atoms with Gasteiger partial charge in [-0.3, -0.25) is 14.5 Å². The summed E-state index contributed by atoms with van der Waals surface area (Å²) < 4.78 is 10.8. The van der Waals surface area contributed by atoms with Crippen LogP contribution in [0.25, 0.3) is 33.6 Å². The Morgan fingerprint density at radius 2 is 1.38 bits per heavy atom. The lowest BCUT2D eigenvalue weighted by Crippen LogP contribution is -2.47. The second-order valence-corrected chi connectivity index (χ2v) is 13.9. The Morgan fingerprint density at radius 3 is 1.87 bits per heavy atom. The monoisotopic (exact) mass is 724 g/mol. The summed E-state index contributed by atoms with van der Waals surface area (Å²) >= 11 is 0. The first kappa shape index (κ1) is 35.7. The van der Waals surface area contributed by atoms with Crippen molar-refractivity contribution in [1.82, 2.24) is 40.0 Å². The number of likely N-dealkylation sites (tertiary alicyclic amines) is 2. The summed E-state index contributed by atoms with van der Waals surface area (Å²) in [5.41, 5.74) is 7.81. The minimum absolute atomic E-state index is 0.183. The molecule has 2 aromatic carbocycles. The third-order valence-electron chi connectivity index (χ3n) is 10.7. The van der Waals surface area contributed by atoms with E-state index in [1.165, 1.54) is 14.2 Å². The molecule has 15 nitrogen and oxygen atoms in total. The third-order valence-corrected chi connectivity index (χ3v) is 10.7. The second-order valence-electron chi connectivity index (χ2n) is 13.9. The van der Waals surface area contributed by atoms with Crippen LogP contribution in [0.4, 0.5) is 9.59 Å². The molecule has 0 bridgehead atoms. The van der Waals surface area contributed by atoms with Crippen LogP contribution >= 0.6 is 0 Å². The van der Waals surface area contributed by atoms with E-state index in [1.807, 2.05) is 0 Å². The number of methoxy groups -OCH3 is 1. The van der Waals surface area contributed by atoms with Crippen LogP contribution in [-0.4, -0.2) is 103 Å². The molecule has 0 spiro atoms. The van der Waals surface area contributed by atoms with E-state index in [0.717, 1.165) is 75.4 Å². The summed E-state index contributed by atoms with van der Waals surface area (Å²) in [6, 6.07) is 10.5. The zero-order valence-corrected chi connectivity index (χ0v) is 30.2. The van der Waals surface area contributed by atoms with Gasteiger partial charge in [0.1, 0.15) is 23.7 Å². The zero-order valence-electron chi connectivity index (χ0n) is 30.2. The SMILES string of the molecule is COC(=O)N[C@@H](C)C(=O)N1CCC[C@H]1c1ncc(-c2ccc3c(c2)COCc2cc(-c4cnc([C@@H]5CCCN5C(=O)[C@H](C)N(C)C(=O)O)[nH]4)ccc2-3)[nH]1. The molecule has 7 rings (SSSR count). The smallest absolute Gasteiger partial charge is 0.407 e. The number of carbonyl (C=O) groups is 4. The molecule has 278 valence electrons. The van der Waals surface area contributed by atoms with Gasteiger partial charge in [0.15, 0.2) is 0 Å². The zero-order chi connectivity index (χ0) is 37.4. The van der Waals surface area contributed by atoms with E-state index >= 15 is 0 Å². The van der Waals surface area contributed by atoms with Gasteiger partial charge in [0.25, 0.3) is 0 Å². The number of fused-ring (bicyclic) bond motifs is 3. The van der Waals surface area contributed by atoms with Crippen molar-refractivity contribution in [2.24, 2.45) is 0 Å². The molecule has 2 fully saturated rings. The number of carbonyl (C=O) groups excluding carboxylic acids is 3. The summed E-state index contributed by atoms with van der Waals surface area (Å²) in [4.78, 5) is 70.2. The highest BCUT2D eigenvalue weighted by Gasteiger charge is 2.37. The fourth-order valence-corrected chi connectivity index (χ4v) is 7.61. The number of rotatable bonds is 8. The van der Waals surface area contributed by atoms with E-state index in [9.17, 15) is 24.3 Å². The van der Waals surface area contributed by atoms with Crippen LogP contribution in [-0.2, 0) is 32.3 Å². The minimum Gasteiger partial charge on any atom is -0.465 e. The van der Waals surface area contributed by atoms with Crippen molar-refractivity contribution in [3.8, 4) is 33.6 Å². The number of ether oxygens (including phenoxy) is 2. The summed E-state index contributed by atoms with van der Waals surface area (Å²) in [5, 5.41) is 11.9. The molecule has 53 heavy (non-hydrogen) atoms. The molecule has 2 aromatic heterocycles. The molecule has 0 unspecified atom stereocenters. The van der Waals surface area contributed by atoms with Gasteiger partial charge in [0.05, 0.1) is 56.2 Å². The molecule has 4 amide bonds. The predicted octanol–water partition coefficient (Wildman–Crippen LogP) is 5.23. The van der Waals surface area contributed by atoms with Crippen molar-refractivity contribution in [3.63, 3.8) is 0 Å². The van der Waals surface area contributed by atoms with Crippen LogP contribution in [0.1, 0.15) is 74.4 Å². The van der Waals surface area contributed by atoms with E-state index in [2.05, 4.69) is 66.4 Å². The Bertz CT molecular complexity index is 2040. The van der Waals surface area contributed by atoms with Gasteiger partial charge >= 0.3 is 12.2 Å². The van der Waals surface area contributed by atoms with Crippen LogP contribution in [0.5, 0.6) is 0 Å². The lowest BCUT2D eigenvalue weighted by Gasteiger charge is -2.29. The molecule has 4 N–H and O–H groups in total. The van der Waals surface area contributed by atoms with E-state index in [1.54, 1.807) is 36.0 Å². The Kier molecular flexibility index (Phi) is 9.92. The third kappa shape index (κ3) is 6.95. The quantitative estimate of drug-likeness (QED) is 0.189. The summed E-state index contributed by atoms with van der Waals surface area (Å²) in [6.45, 7) is 5.24. The first-order chi connectivity index (χ1) is 25.5. The van der Waals surface area contributed by atoms with Gasteiger partial charge in [-0.25, -0.2) is 19.6 Å². The van der Waals surface area contributed by atoms with Gasteiger partial charge in [0.2, 0.25) is 11.8 Å². The van der Waals surface area contributed by atoms with Crippen LogP contribution in [0.3, 0.4) is 0 Å². The summed E-state index contributed by atoms with van der Waals surface area (Å²) in [7, 11) is 2.67. The minimum atomic E-state index is -1.14. The fourth-order valence-electron chi connectivity index (χ4n) is 7.61. The van der Waals surface area contributed by atoms with Gasteiger partial charge in [0, 0.05) is 20.1 Å². The van der Waals surface area contributed by atoms with Crippen LogP contribution in [0.2, 0.25) is 0 Å². The van der Waals surface area contributed by atoms with E-state index in [0.29, 0.717) is 38.0 Å². The Balaban J connectivity index is 1.07. The molecule has 5 heterocycles. The highest BCUT2D eigenvalue weighted by atomic mass is 16.5. The number of aromatic nitrogens is 4.